The van der Waals surface area contributed by atoms with Gasteiger partial charge in [0.1, 0.15) is 7.85 Å². The molecule has 0 saturated heterocycles. The Morgan fingerprint density at radius 1 is 1.33 bits per heavy atom. The van der Waals surface area contributed by atoms with Crippen LogP contribution in [0.3, 0.4) is 0 Å². The third kappa shape index (κ3) is 1.56. The Balaban J connectivity index is 2.54. The molecule has 50 valence electrons. The second-order valence-electron chi connectivity index (χ2n) is 2.66. The van der Waals surface area contributed by atoms with Crippen LogP contribution in [-0.2, 0) is 0 Å². The lowest BCUT2D eigenvalue weighted by atomic mass is 9.75. The Morgan fingerprint density at radius 2 is 2.00 bits per heavy atom. The predicted octanol–water partition coefficient (Wildman–Crippen LogP) is -0.910. The molecule has 2 unspecified atom stereocenters. The smallest absolute Gasteiger partial charge is 0.109 e. The zero-order chi connectivity index (χ0) is 6.85. The zero-order valence-corrected chi connectivity index (χ0v) is 5.49. The maximum Gasteiger partial charge on any atom is 0.109 e. The number of hydrogen-bond acceptors (Lipinski definition) is 2. The lowest BCUT2D eigenvalue weighted by molar-refractivity contribution is 0.147. The Morgan fingerprint density at radius 3 is 2.44 bits per heavy atom. The van der Waals surface area contributed by atoms with E-state index < -0.39 is 0 Å². The van der Waals surface area contributed by atoms with Crippen molar-refractivity contribution >= 4 is 7.85 Å². The van der Waals surface area contributed by atoms with Crippen LogP contribution in [0.1, 0.15) is 6.42 Å². The van der Waals surface area contributed by atoms with Gasteiger partial charge >= 0.3 is 0 Å². The third-order valence-corrected chi connectivity index (χ3v) is 1.73. The molecule has 2 nitrogen and oxygen atoms in total. The van der Waals surface area contributed by atoms with E-state index in [-0.39, 0.29) is 18.0 Å². The molecule has 3 atom stereocenters. The Hall–Kier alpha value is -0.275. The van der Waals surface area contributed by atoms with Crippen molar-refractivity contribution in [2.75, 3.05) is 0 Å². The van der Waals surface area contributed by atoms with Crippen molar-refractivity contribution in [2.45, 2.75) is 24.4 Å². The summed E-state index contributed by atoms with van der Waals surface area (Å²) in [6.45, 7) is 0. The first-order valence-corrected chi connectivity index (χ1v) is 3.24. The first-order chi connectivity index (χ1) is 4.20. The zero-order valence-electron chi connectivity index (χ0n) is 5.49. The van der Waals surface area contributed by atoms with Gasteiger partial charge in [-0.05, 0) is 12.2 Å². The minimum atomic E-state index is -0.353. The number of rotatable bonds is 0. The molecule has 0 aromatic carbocycles. The van der Waals surface area contributed by atoms with Crippen LogP contribution < -0.4 is 0 Å². The van der Waals surface area contributed by atoms with Crippen molar-refractivity contribution in [1.82, 2.24) is 0 Å². The summed E-state index contributed by atoms with van der Waals surface area (Å²) < 4.78 is 0. The molecule has 0 fully saturated rings. The molecule has 0 bridgehead atoms. The molecule has 0 amide bonds. The summed E-state index contributed by atoms with van der Waals surface area (Å²) in [7, 11) is 1.93. The van der Waals surface area contributed by atoms with E-state index in [9.17, 15) is 0 Å². The standard InChI is InChI=1S/C6H11BO2/c7-5-3-4(8)1-2-6(5)9/h1-2,4-6,8-9H,3,7H2/t4-,5?,6?/m1/s1. The number of hydrogen-bond donors (Lipinski definition) is 2. The van der Waals surface area contributed by atoms with Gasteiger partial charge in [-0.15, -0.1) is 0 Å². The minimum Gasteiger partial charge on any atom is -0.390 e. The van der Waals surface area contributed by atoms with Crippen molar-refractivity contribution < 1.29 is 10.2 Å². The van der Waals surface area contributed by atoms with E-state index in [2.05, 4.69) is 0 Å². The van der Waals surface area contributed by atoms with Crippen LogP contribution in [0, 0.1) is 0 Å². The molecule has 1 rings (SSSR count). The van der Waals surface area contributed by atoms with Gasteiger partial charge in [0.15, 0.2) is 0 Å². The Labute approximate surface area is 55.6 Å². The lowest BCUT2D eigenvalue weighted by Gasteiger charge is -2.22. The Kier molecular flexibility index (Phi) is 1.93. The van der Waals surface area contributed by atoms with Crippen molar-refractivity contribution in [2.24, 2.45) is 0 Å². The van der Waals surface area contributed by atoms with Gasteiger partial charge in [-0.1, -0.05) is 12.2 Å². The molecule has 0 spiro atoms. The van der Waals surface area contributed by atoms with Crippen molar-refractivity contribution in [3.05, 3.63) is 12.2 Å². The summed E-state index contributed by atoms with van der Waals surface area (Å²) in [5, 5.41) is 18.1. The first kappa shape index (κ1) is 6.84. The summed E-state index contributed by atoms with van der Waals surface area (Å²) in [6.07, 6.45) is 3.28. The Bertz CT molecular complexity index is 124. The maximum atomic E-state index is 9.10. The fourth-order valence-electron chi connectivity index (χ4n) is 1.03. The topological polar surface area (TPSA) is 40.5 Å². The van der Waals surface area contributed by atoms with Crippen LogP contribution in [-0.4, -0.2) is 30.3 Å². The molecule has 2 N–H and O–H groups in total. The van der Waals surface area contributed by atoms with Crippen molar-refractivity contribution in [3.8, 4) is 0 Å². The van der Waals surface area contributed by atoms with E-state index in [1.807, 2.05) is 7.85 Å². The van der Waals surface area contributed by atoms with Crippen molar-refractivity contribution in [3.63, 3.8) is 0 Å². The van der Waals surface area contributed by atoms with Gasteiger partial charge in [0.2, 0.25) is 0 Å². The molecule has 0 saturated carbocycles. The molecular formula is C6H11BO2. The van der Waals surface area contributed by atoms with Gasteiger partial charge in [-0.25, -0.2) is 0 Å². The van der Waals surface area contributed by atoms with Crippen LogP contribution >= 0.6 is 0 Å². The highest BCUT2D eigenvalue weighted by Crippen LogP contribution is 2.20. The normalized spacial score (nSPS) is 43.1. The maximum absolute atomic E-state index is 9.10. The van der Waals surface area contributed by atoms with Gasteiger partial charge in [-0.3, -0.25) is 0 Å². The molecule has 0 aromatic heterocycles. The monoisotopic (exact) mass is 126 g/mol. The molecule has 0 aliphatic heterocycles. The van der Waals surface area contributed by atoms with Crippen LogP contribution in [0.2, 0.25) is 5.82 Å². The quantitative estimate of drug-likeness (QED) is 0.326. The predicted molar refractivity (Wildman–Crippen MR) is 38.1 cm³/mol. The molecule has 9 heavy (non-hydrogen) atoms. The highest BCUT2D eigenvalue weighted by Gasteiger charge is 2.18. The van der Waals surface area contributed by atoms with E-state index in [4.69, 9.17) is 10.2 Å². The van der Waals surface area contributed by atoms with E-state index in [0.717, 1.165) is 0 Å². The molecule has 3 heteroatoms. The summed E-state index contributed by atoms with van der Waals surface area (Å²) in [4.78, 5) is 0. The van der Waals surface area contributed by atoms with Gasteiger partial charge in [0.25, 0.3) is 0 Å². The molecule has 0 aromatic rings. The first-order valence-electron chi connectivity index (χ1n) is 3.24. The fraction of sp³-hybridized carbons (Fsp3) is 0.667. The molecule has 1 aliphatic rings. The van der Waals surface area contributed by atoms with E-state index in [1.54, 1.807) is 12.2 Å². The van der Waals surface area contributed by atoms with E-state index >= 15 is 0 Å². The molecule has 1 aliphatic carbocycles. The summed E-state index contributed by atoms with van der Waals surface area (Å²) >= 11 is 0. The van der Waals surface area contributed by atoms with Gasteiger partial charge in [-0.2, -0.15) is 0 Å². The fourth-order valence-corrected chi connectivity index (χ4v) is 1.03. The van der Waals surface area contributed by atoms with Gasteiger partial charge in [0, 0.05) is 0 Å². The largest absolute Gasteiger partial charge is 0.390 e. The lowest BCUT2D eigenvalue weighted by Crippen LogP contribution is -2.22. The summed E-state index contributed by atoms with van der Waals surface area (Å²) in [5.41, 5.74) is 0. The molecular weight excluding hydrogens is 115 g/mol. The highest BCUT2D eigenvalue weighted by atomic mass is 16.3. The highest BCUT2D eigenvalue weighted by molar-refractivity contribution is 6.12. The van der Waals surface area contributed by atoms with Gasteiger partial charge < -0.3 is 10.2 Å². The minimum absolute atomic E-state index is 0.199. The van der Waals surface area contributed by atoms with Crippen LogP contribution in [0.15, 0.2) is 12.2 Å². The number of aliphatic hydroxyl groups is 2. The average molecular weight is 126 g/mol. The van der Waals surface area contributed by atoms with Crippen LogP contribution in [0.25, 0.3) is 0 Å². The average Bonchev–Trinajstić information content (AvgIpc) is 1.80. The number of aliphatic hydroxyl groups excluding tert-OH is 2. The molecule has 0 radical (unpaired) electrons. The van der Waals surface area contributed by atoms with E-state index in [1.165, 1.54) is 0 Å². The summed E-state index contributed by atoms with van der Waals surface area (Å²) in [6, 6.07) is 0. The molecule has 0 heterocycles. The van der Waals surface area contributed by atoms with Crippen LogP contribution in [0.5, 0.6) is 0 Å². The van der Waals surface area contributed by atoms with Crippen molar-refractivity contribution in [1.29, 1.82) is 0 Å². The van der Waals surface area contributed by atoms with Crippen LogP contribution in [0.4, 0.5) is 0 Å². The second kappa shape index (κ2) is 2.54. The second-order valence-corrected chi connectivity index (χ2v) is 2.66. The van der Waals surface area contributed by atoms with Gasteiger partial charge in [0.05, 0.1) is 12.2 Å². The SMILES string of the molecule is BC1C[C@H](O)C=CC1O. The third-order valence-electron chi connectivity index (χ3n) is 1.73. The van der Waals surface area contributed by atoms with E-state index in [0.29, 0.717) is 6.42 Å². The summed E-state index contributed by atoms with van der Waals surface area (Å²) in [5.74, 6) is 0.199.